The smallest absolute Gasteiger partial charge is 0.306 e. The minimum absolute atomic E-state index is 0.119. The second-order valence-corrected chi connectivity index (χ2v) is 5.96. The molecule has 0 saturated carbocycles. The highest BCUT2D eigenvalue weighted by Gasteiger charge is 2.18. The fourth-order valence-electron chi connectivity index (χ4n) is 2.10. The number of ether oxygens (including phenoxy) is 3. The first-order chi connectivity index (χ1) is 12.0. The number of rotatable bonds is 8. The second-order valence-electron chi connectivity index (χ2n) is 5.52. The Morgan fingerprint density at radius 2 is 2.16 bits per heavy atom. The third-order valence-electron chi connectivity index (χ3n) is 3.50. The quantitative estimate of drug-likeness (QED) is 0.399. The summed E-state index contributed by atoms with van der Waals surface area (Å²) in [7, 11) is 1.77. The lowest BCUT2D eigenvalue weighted by Crippen LogP contribution is -2.20. The first-order valence-corrected chi connectivity index (χ1v) is 8.31. The van der Waals surface area contributed by atoms with E-state index in [0.29, 0.717) is 36.0 Å². The molecule has 0 aromatic carbocycles. The standard InChI is InChI=1S/C17H22ClN3O4/c1-12(4-7-16(22)25-11-17-23-8-9-24-17)20-21(3)13(2)15-6-5-14(18)10-19-15/h5-6,10,17H,2,4,7-9,11H2,1,3H3/b20-12+. The average Bonchev–Trinajstić information content (AvgIpc) is 3.11. The van der Waals surface area contributed by atoms with Crippen LogP contribution in [-0.4, -0.2) is 54.8 Å². The van der Waals surface area contributed by atoms with Crippen LogP contribution in [0.2, 0.25) is 5.02 Å². The Bertz CT molecular complexity index is 627. The molecule has 1 aliphatic rings. The van der Waals surface area contributed by atoms with Gasteiger partial charge in [0.2, 0.25) is 0 Å². The molecule has 0 N–H and O–H groups in total. The maximum atomic E-state index is 11.7. The number of pyridine rings is 1. The summed E-state index contributed by atoms with van der Waals surface area (Å²) in [5.41, 5.74) is 2.09. The second kappa shape index (κ2) is 9.50. The third-order valence-corrected chi connectivity index (χ3v) is 3.72. The van der Waals surface area contributed by atoms with Gasteiger partial charge in [0.25, 0.3) is 0 Å². The molecule has 0 spiro atoms. The van der Waals surface area contributed by atoms with Gasteiger partial charge < -0.3 is 14.2 Å². The highest BCUT2D eigenvalue weighted by atomic mass is 35.5. The van der Waals surface area contributed by atoms with Crippen LogP contribution in [0, 0.1) is 0 Å². The molecule has 1 aliphatic heterocycles. The van der Waals surface area contributed by atoms with Crippen molar-refractivity contribution < 1.29 is 19.0 Å². The minimum atomic E-state index is -0.444. The molecule has 1 saturated heterocycles. The number of hydrazone groups is 1. The van der Waals surface area contributed by atoms with Crippen molar-refractivity contribution in [1.29, 1.82) is 0 Å². The predicted octanol–water partition coefficient (Wildman–Crippen LogP) is 2.71. The largest absolute Gasteiger partial charge is 0.460 e. The maximum Gasteiger partial charge on any atom is 0.306 e. The van der Waals surface area contributed by atoms with Crippen molar-refractivity contribution in [1.82, 2.24) is 9.99 Å². The summed E-state index contributed by atoms with van der Waals surface area (Å²) < 4.78 is 15.5. The molecule has 1 aromatic heterocycles. The van der Waals surface area contributed by atoms with Crippen LogP contribution in [0.4, 0.5) is 0 Å². The molecule has 0 atom stereocenters. The fourth-order valence-corrected chi connectivity index (χ4v) is 2.21. The van der Waals surface area contributed by atoms with Gasteiger partial charge in [0, 0.05) is 19.0 Å². The average molecular weight is 368 g/mol. The molecule has 0 bridgehead atoms. The van der Waals surface area contributed by atoms with Crippen LogP contribution in [0.15, 0.2) is 30.0 Å². The van der Waals surface area contributed by atoms with Crippen molar-refractivity contribution in [3.63, 3.8) is 0 Å². The molecule has 2 rings (SSSR count). The van der Waals surface area contributed by atoms with E-state index in [1.54, 1.807) is 30.4 Å². The highest BCUT2D eigenvalue weighted by molar-refractivity contribution is 6.30. The number of carbonyl (C=O) groups excluding carboxylic acids is 1. The van der Waals surface area contributed by atoms with Crippen LogP contribution in [0.1, 0.15) is 25.5 Å². The summed E-state index contributed by atoms with van der Waals surface area (Å²) in [5.74, 6) is -0.311. The summed E-state index contributed by atoms with van der Waals surface area (Å²) in [4.78, 5) is 15.9. The number of hydrogen-bond acceptors (Lipinski definition) is 7. The van der Waals surface area contributed by atoms with Gasteiger partial charge in [-0.25, -0.2) is 0 Å². The molecule has 1 fully saturated rings. The van der Waals surface area contributed by atoms with Crippen molar-refractivity contribution in [2.24, 2.45) is 5.10 Å². The number of hydrogen-bond donors (Lipinski definition) is 0. The van der Waals surface area contributed by atoms with Crippen LogP contribution >= 0.6 is 11.6 Å². The molecule has 8 heteroatoms. The number of halogens is 1. The zero-order valence-electron chi connectivity index (χ0n) is 14.4. The maximum absolute atomic E-state index is 11.7. The summed E-state index contributed by atoms with van der Waals surface area (Å²) in [6.45, 7) is 7.00. The van der Waals surface area contributed by atoms with E-state index in [-0.39, 0.29) is 19.0 Å². The van der Waals surface area contributed by atoms with Gasteiger partial charge in [0.15, 0.2) is 6.29 Å². The first kappa shape index (κ1) is 19.4. The fraction of sp³-hybridized carbons (Fsp3) is 0.471. The summed E-state index contributed by atoms with van der Waals surface area (Å²) in [6, 6.07) is 3.52. The van der Waals surface area contributed by atoms with E-state index in [2.05, 4.69) is 16.7 Å². The predicted molar refractivity (Wildman–Crippen MR) is 95.0 cm³/mol. The highest BCUT2D eigenvalue weighted by Crippen LogP contribution is 2.16. The van der Waals surface area contributed by atoms with Crippen molar-refractivity contribution in [3.05, 3.63) is 35.6 Å². The molecule has 7 nitrogen and oxygen atoms in total. The SMILES string of the molecule is C=C(c1ccc(Cl)cn1)N(C)/N=C(\C)CCC(=O)OCC1OCCO1. The van der Waals surface area contributed by atoms with E-state index in [4.69, 9.17) is 25.8 Å². The molecular weight excluding hydrogens is 346 g/mol. The minimum Gasteiger partial charge on any atom is -0.460 e. The number of nitrogens with zero attached hydrogens (tertiary/aromatic N) is 3. The van der Waals surface area contributed by atoms with Gasteiger partial charge in [-0.05, 0) is 25.5 Å². The Morgan fingerprint density at radius 1 is 1.44 bits per heavy atom. The number of carbonyl (C=O) groups is 1. The molecule has 136 valence electrons. The van der Waals surface area contributed by atoms with Crippen LogP contribution < -0.4 is 0 Å². The zero-order valence-corrected chi connectivity index (χ0v) is 15.2. The normalized spacial score (nSPS) is 15.2. The van der Waals surface area contributed by atoms with E-state index in [1.165, 1.54) is 0 Å². The van der Waals surface area contributed by atoms with E-state index in [1.807, 2.05) is 6.92 Å². The van der Waals surface area contributed by atoms with Gasteiger partial charge in [0.05, 0.1) is 36.0 Å². The molecule has 0 unspecified atom stereocenters. The Labute approximate surface area is 152 Å². The van der Waals surface area contributed by atoms with Gasteiger partial charge >= 0.3 is 5.97 Å². The van der Waals surface area contributed by atoms with E-state index < -0.39 is 6.29 Å². The number of esters is 1. The number of aromatic nitrogens is 1. The van der Waals surface area contributed by atoms with Crippen LogP contribution in [-0.2, 0) is 19.0 Å². The van der Waals surface area contributed by atoms with Gasteiger partial charge in [-0.3, -0.25) is 14.8 Å². The molecule has 0 radical (unpaired) electrons. The lowest BCUT2D eigenvalue weighted by Gasteiger charge is -2.17. The first-order valence-electron chi connectivity index (χ1n) is 7.93. The zero-order chi connectivity index (χ0) is 18.2. The van der Waals surface area contributed by atoms with Crippen LogP contribution in [0.3, 0.4) is 0 Å². The van der Waals surface area contributed by atoms with Gasteiger partial charge in [-0.2, -0.15) is 5.10 Å². The van der Waals surface area contributed by atoms with Gasteiger partial charge in [-0.15, -0.1) is 0 Å². The monoisotopic (exact) mass is 367 g/mol. The van der Waals surface area contributed by atoms with Crippen LogP contribution in [0.25, 0.3) is 5.70 Å². The summed E-state index contributed by atoms with van der Waals surface area (Å²) in [6.07, 6.45) is 1.83. The molecular formula is C17H22ClN3O4. The Kier molecular flexibility index (Phi) is 7.36. The molecule has 1 aromatic rings. The van der Waals surface area contributed by atoms with E-state index in [9.17, 15) is 4.79 Å². The molecule has 25 heavy (non-hydrogen) atoms. The summed E-state index contributed by atoms with van der Waals surface area (Å²) >= 11 is 5.83. The Balaban J connectivity index is 1.76. The summed E-state index contributed by atoms with van der Waals surface area (Å²) in [5, 5.41) is 6.59. The third kappa shape index (κ3) is 6.45. The Hall–Kier alpha value is -1.96. The van der Waals surface area contributed by atoms with Crippen molar-refractivity contribution in [2.45, 2.75) is 26.1 Å². The Morgan fingerprint density at radius 3 is 2.80 bits per heavy atom. The van der Waals surface area contributed by atoms with Gasteiger partial charge in [-0.1, -0.05) is 18.2 Å². The lowest BCUT2D eigenvalue weighted by atomic mass is 10.2. The van der Waals surface area contributed by atoms with E-state index in [0.717, 1.165) is 5.71 Å². The topological polar surface area (TPSA) is 73.3 Å². The molecule has 2 heterocycles. The van der Waals surface area contributed by atoms with Crippen LogP contribution in [0.5, 0.6) is 0 Å². The molecule has 0 aliphatic carbocycles. The van der Waals surface area contributed by atoms with E-state index >= 15 is 0 Å². The molecule has 0 amide bonds. The van der Waals surface area contributed by atoms with Gasteiger partial charge in [0.1, 0.15) is 6.61 Å². The van der Waals surface area contributed by atoms with Crippen molar-refractivity contribution in [2.75, 3.05) is 26.9 Å². The van der Waals surface area contributed by atoms with Crippen molar-refractivity contribution >= 4 is 29.0 Å². The van der Waals surface area contributed by atoms with Crippen molar-refractivity contribution in [3.8, 4) is 0 Å². The lowest BCUT2D eigenvalue weighted by molar-refractivity contribution is -0.155.